The molecule has 84 valence electrons. The van der Waals surface area contributed by atoms with Crippen molar-refractivity contribution in [1.29, 1.82) is 0 Å². The van der Waals surface area contributed by atoms with Crippen molar-refractivity contribution in [2.45, 2.75) is 38.2 Å². The molecule has 0 aromatic heterocycles. The van der Waals surface area contributed by atoms with Crippen molar-refractivity contribution in [2.75, 3.05) is 26.8 Å². The van der Waals surface area contributed by atoms with Crippen molar-refractivity contribution >= 4 is 0 Å². The lowest BCUT2D eigenvalue weighted by Crippen LogP contribution is -2.33. The summed E-state index contributed by atoms with van der Waals surface area (Å²) in [5.74, 6) is 0.832. The van der Waals surface area contributed by atoms with E-state index in [-0.39, 0.29) is 6.10 Å². The van der Waals surface area contributed by atoms with Crippen LogP contribution in [0.3, 0.4) is 0 Å². The van der Waals surface area contributed by atoms with Gasteiger partial charge in [-0.15, -0.1) is 0 Å². The van der Waals surface area contributed by atoms with Crippen molar-refractivity contribution < 1.29 is 9.84 Å². The van der Waals surface area contributed by atoms with E-state index in [4.69, 9.17) is 4.74 Å². The van der Waals surface area contributed by atoms with Crippen LogP contribution in [-0.2, 0) is 4.74 Å². The zero-order valence-corrected chi connectivity index (χ0v) is 9.17. The van der Waals surface area contributed by atoms with Gasteiger partial charge in [0, 0.05) is 13.7 Å². The maximum atomic E-state index is 9.39. The Kier molecular flexibility index (Phi) is 6.15. The van der Waals surface area contributed by atoms with Crippen molar-refractivity contribution in [3.63, 3.8) is 0 Å². The summed E-state index contributed by atoms with van der Waals surface area (Å²) in [5.41, 5.74) is 0. The molecule has 0 bridgehead atoms. The molecule has 3 heteroatoms. The van der Waals surface area contributed by atoms with Gasteiger partial charge in [-0.05, 0) is 25.3 Å². The SMILES string of the molecule is COCC(O)CNCC1CCCCC1. The summed E-state index contributed by atoms with van der Waals surface area (Å²) in [6.45, 7) is 2.14. The largest absolute Gasteiger partial charge is 0.389 e. The van der Waals surface area contributed by atoms with E-state index in [9.17, 15) is 5.11 Å². The van der Waals surface area contributed by atoms with Gasteiger partial charge in [-0.3, -0.25) is 0 Å². The van der Waals surface area contributed by atoms with E-state index in [0.717, 1.165) is 12.5 Å². The van der Waals surface area contributed by atoms with Crippen LogP contribution in [-0.4, -0.2) is 38.0 Å². The van der Waals surface area contributed by atoms with Crippen LogP contribution in [0.4, 0.5) is 0 Å². The Hall–Kier alpha value is -0.120. The molecule has 1 rings (SSSR count). The van der Waals surface area contributed by atoms with Crippen molar-refractivity contribution in [2.24, 2.45) is 5.92 Å². The average Bonchev–Trinajstić information content (AvgIpc) is 2.20. The van der Waals surface area contributed by atoms with Crippen LogP contribution in [0, 0.1) is 5.92 Å². The highest BCUT2D eigenvalue weighted by Gasteiger charge is 2.13. The number of aliphatic hydroxyl groups excluding tert-OH is 1. The molecule has 0 aromatic rings. The van der Waals surface area contributed by atoms with Crippen LogP contribution in [0.15, 0.2) is 0 Å². The van der Waals surface area contributed by atoms with E-state index >= 15 is 0 Å². The zero-order valence-electron chi connectivity index (χ0n) is 9.17. The molecule has 0 spiro atoms. The summed E-state index contributed by atoms with van der Waals surface area (Å²) in [5, 5.41) is 12.7. The highest BCUT2D eigenvalue weighted by molar-refractivity contribution is 4.69. The highest BCUT2D eigenvalue weighted by atomic mass is 16.5. The van der Waals surface area contributed by atoms with Gasteiger partial charge in [0.25, 0.3) is 0 Å². The first-order valence-corrected chi connectivity index (χ1v) is 5.70. The average molecular weight is 201 g/mol. The molecular weight excluding hydrogens is 178 g/mol. The van der Waals surface area contributed by atoms with Gasteiger partial charge in [-0.25, -0.2) is 0 Å². The summed E-state index contributed by atoms with van der Waals surface area (Å²) in [6.07, 6.45) is 6.52. The van der Waals surface area contributed by atoms with Crippen LogP contribution in [0.25, 0.3) is 0 Å². The Morgan fingerprint density at radius 1 is 1.36 bits per heavy atom. The summed E-state index contributed by atoms with van der Waals surface area (Å²) >= 11 is 0. The maximum absolute atomic E-state index is 9.39. The molecule has 2 N–H and O–H groups in total. The number of methoxy groups -OCH3 is 1. The zero-order chi connectivity index (χ0) is 10.2. The van der Waals surface area contributed by atoms with Gasteiger partial charge in [-0.2, -0.15) is 0 Å². The van der Waals surface area contributed by atoms with E-state index in [0.29, 0.717) is 13.2 Å². The number of nitrogens with one attached hydrogen (secondary N) is 1. The van der Waals surface area contributed by atoms with Gasteiger partial charge in [0.15, 0.2) is 0 Å². The Balaban J connectivity index is 1.96. The van der Waals surface area contributed by atoms with Gasteiger partial charge in [0.2, 0.25) is 0 Å². The molecule has 1 atom stereocenters. The molecule has 1 unspecified atom stereocenters. The van der Waals surface area contributed by atoms with Crippen molar-refractivity contribution in [1.82, 2.24) is 5.32 Å². The minimum absolute atomic E-state index is 0.358. The Labute approximate surface area is 86.8 Å². The Morgan fingerprint density at radius 2 is 2.07 bits per heavy atom. The van der Waals surface area contributed by atoms with Gasteiger partial charge >= 0.3 is 0 Å². The van der Waals surface area contributed by atoms with Crippen LogP contribution >= 0.6 is 0 Å². The van der Waals surface area contributed by atoms with Crippen LogP contribution in [0.1, 0.15) is 32.1 Å². The fourth-order valence-electron chi connectivity index (χ4n) is 2.10. The molecule has 1 saturated carbocycles. The number of hydrogen-bond acceptors (Lipinski definition) is 3. The molecule has 0 saturated heterocycles. The molecule has 0 aromatic carbocycles. The normalized spacial score (nSPS) is 21.0. The van der Waals surface area contributed by atoms with Gasteiger partial charge in [-0.1, -0.05) is 19.3 Å². The third-order valence-electron chi connectivity index (χ3n) is 2.90. The smallest absolute Gasteiger partial charge is 0.0897 e. The van der Waals surface area contributed by atoms with Crippen LogP contribution in [0.2, 0.25) is 0 Å². The highest BCUT2D eigenvalue weighted by Crippen LogP contribution is 2.22. The van der Waals surface area contributed by atoms with E-state index in [1.165, 1.54) is 32.1 Å². The van der Waals surface area contributed by atoms with Crippen molar-refractivity contribution in [3.8, 4) is 0 Å². The lowest BCUT2D eigenvalue weighted by molar-refractivity contribution is 0.0637. The van der Waals surface area contributed by atoms with Gasteiger partial charge in [0.1, 0.15) is 0 Å². The molecule has 1 aliphatic carbocycles. The number of aliphatic hydroxyl groups is 1. The Morgan fingerprint density at radius 3 is 2.71 bits per heavy atom. The predicted octanol–water partition coefficient (Wildman–Crippen LogP) is 1.16. The van der Waals surface area contributed by atoms with E-state index in [2.05, 4.69) is 5.32 Å². The van der Waals surface area contributed by atoms with E-state index in [1.54, 1.807) is 7.11 Å². The molecule has 3 nitrogen and oxygen atoms in total. The molecule has 0 radical (unpaired) electrons. The lowest BCUT2D eigenvalue weighted by Gasteiger charge is -2.22. The first kappa shape index (κ1) is 12.0. The molecule has 14 heavy (non-hydrogen) atoms. The summed E-state index contributed by atoms with van der Waals surface area (Å²) < 4.78 is 4.86. The molecule has 1 fully saturated rings. The lowest BCUT2D eigenvalue weighted by atomic mass is 9.89. The second kappa shape index (κ2) is 7.21. The minimum atomic E-state index is -0.358. The molecule has 1 aliphatic rings. The Bertz CT molecular complexity index is 135. The summed E-state index contributed by atoms with van der Waals surface area (Å²) in [6, 6.07) is 0. The summed E-state index contributed by atoms with van der Waals surface area (Å²) in [7, 11) is 1.62. The first-order chi connectivity index (χ1) is 6.83. The van der Waals surface area contributed by atoms with Crippen molar-refractivity contribution in [3.05, 3.63) is 0 Å². The van der Waals surface area contributed by atoms with Gasteiger partial charge in [0.05, 0.1) is 12.7 Å². The number of rotatable bonds is 6. The maximum Gasteiger partial charge on any atom is 0.0897 e. The van der Waals surface area contributed by atoms with Crippen LogP contribution < -0.4 is 5.32 Å². The first-order valence-electron chi connectivity index (χ1n) is 5.70. The second-order valence-corrected chi connectivity index (χ2v) is 4.27. The fraction of sp³-hybridized carbons (Fsp3) is 1.00. The fourth-order valence-corrected chi connectivity index (χ4v) is 2.10. The third kappa shape index (κ3) is 4.94. The molecule has 0 amide bonds. The number of ether oxygens (including phenoxy) is 1. The standard InChI is InChI=1S/C11H23NO2/c1-14-9-11(13)8-12-7-10-5-3-2-4-6-10/h10-13H,2-9H2,1H3. The van der Waals surface area contributed by atoms with E-state index in [1.807, 2.05) is 0 Å². The quantitative estimate of drug-likeness (QED) is 0.677. The van der Waals surface area contributed by atoms with Crippen LogP contribution in [0.5, 0.6) is 0 Å². The van der Waals surface area contributed by atoms with E-state index < -0.39 is 0 Å². The monoisotopic (exact) mass is 201 g/mol. The number of hydrogen-bond donors (Lipinski definition) is 2. The minimum Gasteiger partial charge on any atom is -0.389 e. The third-order valence-corrected chi connectivity index (χ3v) is 2.90. The molecular formula is C11H23NO2. The summed E-state index contributed by atoms with van der Waals surface area (Å²) in [4.78, 5) is 0. The molecule has 0 heterocycles. The topological polar surface area (TPSA) is 41.5 Å². The second-order valence-electron chi connectivity index (χ2n) is 4.27. The predicted molar refractivity (Wildman–Crippen MR) is 57.3 cm³/mol. The van der Waals surface area contributed by atoms with Gasteiger partial charge < -0.3 is 15.2 Å². The molecule has 0 aliphatic heterocycles.